The summed E-state index contributed by atoms with van der Waals surface area (Å²) in [5.74, 6) is 0. The van der Waals surface area contributed by atoms with Crippen LogP contribution in [0.2, 0.25) is 5.02 Å². The van der Waals surface area contributed by atoms with Gasteiger partial charge in [-0.2, -0.15) is 5.10 Å². The molecule has 114 valence electrons. The first kappa shape index (κ1) is 16.9. The number of methoxy groups -OCH3 is 1. The third-order valence-electron chi connectivity index (χ3n) is 3.01. The molecule has 0 spiro atoms. The van der Waals surface area contributed by atoms with Crippen LogP contribution in [0.5, 0.6) is 0 Å². The minimum atomic E-state index is -0.167. The molecule has 0 aliphatic heterocycles. The summed E-state index contributed by atoms with van der Waals surface area (Å²) in [6.07, 6.45) is 3.40. The van der Waals surface area contributed by atoms with Crippen molar-refractivity contribution in [1.29, 1.82) is 0 Å². The lowest BCUT2D eigenvalue weighted by atomic mass is 10.1. The van der Waals surface area contributed by atoms with Crippen molar-refractivity contribution in [3.8, 4) is 0 Å². The van der Waals surface area contributed by atoms with Gasteiger partial charge in [0.1, 0.15) is 0 Å². The summed E-state index contributed by atoms with van der Waals surface area (Å²) in [5, 5.41) is 8.15. The van der Waals surface area contributed by atoms with Crippen molar-refractivity contribution in [1.82, 2.24) is 20.1 Å². The van der Waals surface area contributed by atoms with Crippen LogP contribution in [0.15, 0.2) is 27.4 Å². The topological polar surface area (TPSA) is 52.0 Å². The maximum Gasteiger partial charge on any atom is 0.0946 e. The minimum Gasteiger partial charge on any atom is -0.383 e. The molecule has 1 atom stereocenters. The molecule has 0 fully saturated rings. The lowest BCUT2D eigenvalue weighted by Crippen LogP contribution is -2.24. The fourth-order valence-corrected chi connectivity index (χ4v) is 3.52. The van der Waals surface area contributed by atoms with E-state index in [4.69, 9.17) is 16.3 Å². The van der Waals surface area contributed by atoms with Gasteiger partial charge in [0.2, 0.25) is 0 Å². The van der Waals surface area contributed by atoms with Crippen LogP contribution < -0.4 is 5.32 Å². The van der Waals surface area contributed by atoms with Crippen molar-refractivity contribution in [2.45, 2.75) is 12.6 Å². The second-order valence-electron chi connectivity index (χ2n) is 4.34. The summed E-state index contributed by atoms with van der Waals surface area (Å²) in [5.41, 5.74) is 1.72. The third kappa shape index (κ3) is 3.84. The Labute approximate surface area is 145 Å². The zero-order valence-electron chi connectivity index (χ0n) is 11.6. The Morgan fingerprint density at radius 1 is 1.43 bits per heavy atom. The molecule has 2 heterocycles. The number of halogens is 3. The van der Waals surface area contributed by atoms with E-state index in [1.54, 1.807) is 19.5 Å². The largest absolute Gasteiger partial charge is 0.383 e. The van der Waals surface area contributed by atoms with Crippen molar-refractivity contribution >= 4 is 43.5 Å². The molecule has 0 amide bonds. The first-order chi connectivity index (χ1) is 10.1. The van der Waals surface area contributed by atoms with Crippen LogP contribution in [0.25, 0.3) is 0 Å². The molecule has 2 aromatic heterocycles. The molecule has 0 aromatic carbocycles. The molecule has 21 heavy (non-hydrogen) atoms. The Morgan fingerprint density at radius 3 is 2.81 bits per heavy atom. The van der Waals surface area contributed by atoms with E-state index >= 15 is 0 Å². The summed E-state index contributed by atoms with van der Waals surface area (Å²) in [7, 11) is 3.53. The summed E-state index contributed by atoms with van der Waals surface area (Å²) >= 11 is 13.3. The molecule has 1 unspecified atom stereocenters. The van der Waals surface area contributed by atoms with E-state index in [0.717, 1.165) is 20.3 Å². The van der Waals surface area contributed by atoms with E-state index in [9.17, 15) is 0 Å². The second kappa shape index (κ2) is 7.69. The Bertz CT molecular complexity index is 620. The van der Waals surface area contributed by atoms with Crippen LogP contribution in [0.1, 0.15) is 17.4 Å². The zero-order chi connectivity index (χ0) is 15.4. The normalized spacial score (nSPS) is 12.6. The summed E-state index contributed by atoms with van der Waals surface area (Å²) in [6.45, 7) is 1.20. The van der Waals surface area contributed by atoms with E-state index < -0.39 is 0 Å². The van der Waals surface area contributed by atoms with Gasteiger partial charge < -0.3 is 10.1 Å². The van der Waals surface area contributed by atoms with Gasteiger partial charge in [0, 0.05) is 22.3 Å². The average molecular weight is 439 g/mol. The highest BCUT2D eigenvalue weighted by Gasteiger charge is 2.24. The van der Waals surface area contributed by atoms with Gasteiger partial charge in [0.15, 0.2) is 0 Å². The third-order valence-corrected chi connectivity index (χ3v) is 4.37. The highest BCUT2D eigenvalue weighted by molar-refractivity contribution is 9.11. The molecule has 0 aliphatic rings. The highest BCUT2D eigenvalue weighted by Crippen LogP contribution is 2.32. The van der Waals surface area contributed by atoms with Gasteiger partial charge in [-0.15, -0.1) is 0 Å². The van der Waals surface area contributed by atoms with E-state index in [1.165, 1.54) is 0 Å². The van der Waals surface area contributed by atoms with Gasteiger partial charge >= 0.3 is 0 Å². The molecule has 2 aromatic rings. The first-order valence-electron chi connectivity index (χ1n) is 6.26. The van der Waals surface area contributed by atoms with Crippen LogP contribution in [0.3, 0.4) is 0 Å². The lowest BCUT2D eigenvalue weighted by molar-refractivity contribution is 0.182. The SMILES string of the molecule is CNC(c1ncc(Br)cc1Br)c1c(Cl)cnn1CCOC. The predicted octanol–water partition coefficient (Wildman–Crippen LogP) is 3.41. The Kier molecular flexibility index (Phi) is 6.19. The number of pyridine rings is 1. The Balaban J connectivity index is 2.43. The van der Waals surface area contributed by atoms with E-state index in [-0.39, 0.29) is 6.04 Å². The molecule has 8 heteroatoms. The van der Waals surface area contributed by atoms with Crippen molar-refractivity contribution in [2.24, 2.45) is 0 Å². The highest BCUT2D eigenvalue weighted by atomic mass is 79.9. The van der Waals surface area contributed by atoms with Gasteiger partial charge in [-0.05, 0) is 45.0 Å². The lowest BCUT2D eigenvalue weighted by Gasteiger charge is -2.19. The van der Waals surface area contributed by atoms with E-state index in [2.05, 4.69) is 47.3 Å². The monoisotopic (exact) mass is 436 g/mol. The number of ether oxygens (including phenoxy) is 1. The van der Waals surface area contributed by atoms with Crippen LogP contribution in [0.4, 0.5) is 0 Å². The van der Waals surface area contributed by atoms with Gasteiger partial charge in [0.05, 0.1) is 41.8 Å². The number of aromatic nitrogens is 3. The Hall–Kier alpha value is -0.470. The maximum absolute atomic E-state index is 6.31. The van der Waals surface area contributed by atoms with Crippen molar-refractivity contribution in [3.63, 3.8) is 0 Å². The van der Waals surface area contributed by atoms with Gasteiger partial charge in [-0.3, -0.25) is 9.67 Å². The Morgan fingerprint density at radius 2 is 2.19 bits per heavy atom. The minimum absolute atomic E-state index is 0.167. The van der Waals surface area contributed by atoms with Gasteiger partial charge in [-0.25, -0.2) is 0 Å². The van der Waals surface area contributed by atoms with Crippen LogP contribution in [0, 0.1) is 0 Å². The molecule has 0 radical (unpaired) electrons. The number of nitrogens with one attached hydrogen (secondary N) is 1. The molecule has 0 bridgehead atoms. The fourth-order valence-electron chi connectivity index (χ4n) is 2.06. The van der Waals surface area contributed by atoms with E-state index in [1.807, 2.05) is 17.8 Å². The summed E-state index contributed by atoms with van der Waals surface area (Å²) < 4.78 is 8.75. The number of rotatable bonds is 6. The van der Waals surface area contributed by atoms with Gasteiger partial charge in [0.25, 0.3) is 0 Å². The first-order valence-corrected chi connectivity index (χ1v) is 8.23. The van der Waals surface area contributed by atoms with E-state index in [0.29, 0.717) is 18.2 Å². The van der Waals surface area contributed by atoms with Crippen LogP contribution >= 0.6 is 43.5 Å². The summed E-state index contributed by atoms with van der Waals surface area (Å²) in [6, 6.07) is 1.79. The maximum atomic E-state index is 6.31. The molecular formula is C13H15Br2ClN4O. The molecule has 1 N–H and O–H groups in total. The van der Waals surface area contributed by atoms with Crippen molar-refractivity contribution in [3.05, 3.63) is 43.8 Å². The zero-order valence-corrected chi connectivity index (χ0v) is 15.5. The molecule has 0 aliphatic carbocycles. The van der Waals surface area contributed by atoms with Crippen molar-refractivity contribution < 1.29 is 4.74 Å². The number of nitrogens with zero attached hydrogens (tertiary/aromatic N) is 3. The molecule has 5 nitrogen and oxygen atoms in total. The standard InChI is InChI=1S/C13H15Br2ClN4O/c1-17-12(11-9(15)5-8(14)6-18-11)13-10(16)7-19-20(13)3-4-21-2/h5-7,12,17H,3-4H2,1-2H3. The summed E-state index contributed by atoms with van der Waals surface area (Å²) in [4.78, 5) is 4.48. The predicted molar refractivity (Wildman–Crippen MR) is 89.7 cm³/mol. The smallest absolute Gasteiger partial charge is 0.0946 e. The molecular weight excluding hydrogens is 423 g/mol. The van der Waals surface area contributed by atoms with Crippen molar-refractivity contribution in [2.75, 3.05) is 20.8 Å². The number of hydrogen-bond donors (Lipinski definition) is 1. The fraction of sp³-hybridized carbons (Fsp3) is 0.385. The quantitative estimate of drug-likeness (QED) is 0.751. The molecule has 0 saturated heterocycles. The van der Waals surface area contributed by atoms with Crippen LogP contribution in [-0.2, 0) is 11.3 Å². The molecule has 2 rings (SSSR count). The van der Waals surface area contributed by atoms with Crippen LogP contribution in [-0.4, -0.2) is 35.5 Å². The molecule has 0 saturated carbocycles. The van der Waals surface area contributed by atoms with Gasteiger partial charge in [-0.1, -0.05) is 11.6 Å². The average Bonchev–Trinajstić information content (AvgIpc) is 2.81. The number of hydrogen-bond acceptors (Lipinski definition) is 4. The second-order valence-corrected chi connectivity index (χ2v) is 6.51.